The molecule has 2 aromatic carbocycles. The third-order valence-electron chi connectivity index (χ3n) is 4.49. The molecule has 9 nitrogen and oxygen atoms in total. The maximum Gasteiger partial charge on any atom is 0.360 e. The zero-order valence-electron chi connectivity index (χ0n) is 17.0. The minimum Gasteiger partial charge on any atom is -0.397 e. The molecule has 9 heteroatoms. The topological polar surface area (TPSA) is 133 Å². The number of hydrogen-bond acceptors (Lipinski definition) is 7. The van der Waals surface area contributed by atoms with Gasteiger partial charge >= 0.3 is 5.91 Å². The van der Waals surface area contributed by atoms with Gasteiger partial charge in [-0.25, -0.2) is 9.97 Å². The van der Waals surface area contributed by atoms with Crippen LogP contribution in [0, 0.1) is 0 Å². The van der Waals surface area contributed by atoms with E-state index in [1.54, 1.807) is 55.0 Å². The lowest BCUT2D eigenvalue weighted by Crippen LogP contribution is -2.04. The number of nitrogens with two attached hydrogens (primary N) is 1. The van der Waals surface area contributed by atoms with Gasteiger partial charge in [0.15, 0.2) is 10.8 Å². The van der Waals surface area contributed by atoms with E-state index in [9.17, 15) is 4.79 Å². The Kier molecular flexibility index (Phi) is 6.31. The lowest BCUT2D eigenvalue weighted by atomic mass is 10.1. The Balaban J connectivity index is 1.37. The first-order valence-corrected chi connectivity index (χ1v) is 9.76. The largest absolute Gasteiger partial charge is 0.397 e. The van der Waals surface area contributed by atoms with E-state index >= 15 is 0 Å². The molecule has 0 aliphatic rings. The third-order valence-corrected chi connectivity index (χ3v) is 4.49. The number of hydrogen-bond donors (Lipinski definition) is 2. The first-order valence-electron chi connectivity index (χ1n) is 9.76. The average molecular weight is 423 g/mol. The number of benzene rings is 2. The number of nitrogens with one attached hydrogen (secondary N) is 1. The maximum absolute atomic E-state index is 12.2. The fraction of sp³-hybridized carbons (Fsp3) is 0.0435. The Morgan fingerprint density at radius 1 is 1.00 bits per heavy atom. The summed E-state index contributed by atoms with van der Waals surface area (Å²) < 4.78 is 0. The molecule has 0 fully saturated rings. The van der Waals surface area contributed by atoms with Crippen LogP contribution in [0.2, 0.25) is 0 Å². The van der Waals surface area contributed by atoms with E-state index in [0.717, 1.165) is 16.8 Å². The van der Waals surface area contributed by atoms with Gasteiger partial charge in [-0.15, -0.1) is 0 Å². The molecule has 0 saturated carbocycles. The van der Waals surface area contributed by atoms with Crippen LogP contribution in [0.25, 0.3) is 11.3 Å². The van der Waals surface area contributed by atoms with Gasteiger partial charge in [0.2, 0.25) is 16.0 Å². The summed E-state index contributed by atoms with van der Waals surface area (Å²) in [5, 5.41) is 10.7. The highest BCUT2D eigenvalue weighted by Crippen LogP contribution is 2.19. The monoisotopic (exact) mass is 423 g/mol. The summed E-state index contributed by atoms with van der Waals surface area (Å²) in [5.74, 6) is 0.0115. The minimum absolute atomic E-state index is 0.406. The maximum atomic E-state index is 12.2. The van der Waals surface area contributed by atoms with Gasteiger partial charge in [0, 0.05) is 36.3 Å². The second-order valence-electron chi connectivity index (χ2n) is 6.71. The van der Waals surface area contributed by atoms with Crippen molar-refractivity contribution in [2.75, 3.05) is 11.1 Å². The van der Waals surface area contributed by atoms with E-state index in [-0.39, 0.29) is 0 Å². The molecule has 1 amide bonds. The van der Waals surface area contributed by atoms with E-state index in [2.05, 4.69) is 35.4 Å². The number of nitrogen functional groups attached to an aromatic ring is 1. The van der Waals surface area contributed by atoms with E-state index in [1.807, 2.05) is 30.3 Å². The second-order valence-corrected chi connectivity index (χ2v) is 6.71. The lowest BCUT2D eigenvalue weighted by Gasteiger charge is -2.07. The summed E-state index contributed by atoms with van der Waals surface area (Å²) in [6, 6.07) is 19.6. The number of rotatable bonds is 6. The Labute approximate surface area is 183 Å². The number of amides is 1. The Bertz CT molecular complexity index is 1280. The minimum atomic E-state index is -0.490. The molecule has 32 heavy (non-hydrogen) atoms. The number of nitrogens with zero attached hydrogens (tertiary/aromatic N) is 6. The molecule has 0 aliphatic heterocycles. The summed E-state index contributed by atoms with van der Waals surface area (Å²) in [5.41, 5.74) is 9.75. The van der Waals surface area contributed by atoms with Crippen LogP contribution < -0.4 is 16.0 Å². The fourth-order valence-corrected chi connectivity index (χ4v) is 2.81. The number of pyridine rings is 1. The molecule has 3 N–H and O–H groups in total. The predicted molar refractivity (Wildman–Crippen MR) is 121 cm³/mol. The van der Waals surface area contributed by atoms with Crippen molar-refractivity contribution in [1.29, 1.82) is 0 Å². The van der Waals surface area contributed by atoms with Gasteiger partial charge in [0.25, 0.3) is 0 Å². The Morgan fingerprint density at radius 2 is 1.84 bits per heavy atom. The summed E-state index contributed by atoms with van der Waals surface area (Å²) in [7, 11) is 0. The van der Waals surface area contributed by atoms with Gasteiger partial charge in [-0.05, 0) is 48.0 Å². The Morgan fingerprint density at radius 3 is 2.62 bits per heavy atom. The zero-order chi connectivity index (χ0) is 22.2. The molecule has 156 valence electrons. The molecule has 4 aromatic rings. The average Bonchev–Trinajstić information content (AvgIpc) is 2.85. The smallest absolute Gasteiger partial charge is 0.360 e. The van der Waals surface area contributed by atoms with Crippen molar-refractivity contribution in [1.82, 2.24) is 19.9 Å². The van der Waals surface area contributed by atoms with Crippen LogP contribution in [0.4, 0.5) is 17.3 Å². The second kappa shape index (κ2) is 9.84. The first-order chi connectivity index (χ1) is 15.7. The van der Waals surface area contributed by atoms with Crippen LogP contribution in [0.5, 0.6) is 0 Å². The SMILES string of the molecule is Nc1ccccc1N=[N+]=NC(=O)c1ccc(CNc2nccc(-c3cccnc3)n2)cc1. The van der Waals surface area contributed by atoms with Crippen molar-refractivity contribution in [3.8, 4) is 11.3 Å². The van der Waals surface area contributed by atoms with Crippen molar-refractivity contribution in [3.63, 3.8) is 0 Å². The van der Waals surface area contributed by atoms with Crippen molar-refractivity contribution in [2.45, 2.75) is 6.54 Å². The van der Waals surface area contributed by atoms with E-state index in [0.29, 0.717) is 29.4 Å². The van der Waals surface area contributed by atoms with Gasteiger partial charge in [-0.2, -0.15) is 0 Å². The quantitative estimate of drug-likeness (QED) is 0.272. The van der Waals surface area contributed by atoms with Crippen LogP contribution in [-0.4, -0.2) is 20.9 Å². The molecule has 0 atom stereocenters. The highest BCUT2D eigenvalue weighted by Gasteiger charge is 2.10. The van der Waals surface area contributed by atoms with Crippen LogP contribution >= 0.6 is 0 Å². The number of para-hydroxylation sites is 1. The summed E-state index contributed by atoms with van der Waals surface area (Å²) in [4.78, 5) is 28.7. The molecule has 0 unspecified atom stereocenters. The van der Waals surface area contributed by atoms with Gasteiger partial charge < -0.3 is 11.1 Å². The van der Waals surface area contributed by atoms with Crippen LogP contribution in [0.3, 0.4) is 0 Å². The van der Waals surface area contributed by atoms with Gasteiger partial charge in [-0.1, -0.05) is 24.3 Å². The standard InChI is InChI=1S/C23H18N8O/c24-19-5-1-2-6-21(19)29-31-30-22(32)17-9-7-16(8-10-17)14-27-23-26-13-11-20(28-23)18-4-3-12-25-15-18/h1-13,15,24H,14H2,(H,26,27,28)/p+1. The summed E-state index contributed by atoms with van der Waals surface area (Å²) >= 11 is 0. The van der Waals surface area contributed by atoms with E-state index in [1.165, 1.54) is 0 Å². The molecule has 0 aliphatic carbocycles. The summed E-state index contributed by atoms with van der Waals surface area (Å²) in [6.07, 6.45) is 5.16. The fourth-order valence-electron chi connectivity index (χ4n) is 2.81. The van der Waals surface area contributed by atoms with E-state index < -0.39 is 5.91 Å². The zero-order valence-corrected chi connectivity index (χ0v) is 17.0. The number of anilines is 2. The normalized spacial score (nSPS) is 10.1. The van der Waals surface area contributed by atoms with Crippen LogP contribution in [0.1, 0.15) is 15.9 Å². The first kappa shape index (κ1) is 20.5. The van der Waals surface area contributed by atoms with E-state index in [4.69, 9.17) is 5.73 Å². The number of carbonyl (C=O) groups is 1. The molecular formula is C23H19N8O+. The summed E-state index contributed by atoms with van der Waals surface area (Å²) in [6.45, 7) is 0.495. The molecule has 4 rings (SSSR count). The molecule has 0 bridgehead atoms. The van der Waals surface area contributed by atoms with Gasteiger partial charge in [0.05, 0.1) is 11.4 Å². The van der Waals surface area contributed by atoms with Gasteiger partial charge in [0.1, 0.15) is 0 Å². The van der Waals surface area contributed by atoms with Crippen molar-refractivity contribution < 1.29 is 4.79 Å². The predicted octanol–water partition coefficient (Wildman–Crippen LogP) is 4.18. The highest BCUT2D eigenvalue weighted by atomic mass is 16.1. The van der Waals surface area contributed by atoms with Crippen molar-refractivity contribution >= 4 is 23.2 Å². The highest BCUT2D eigenvalue weighted by molar-refractivity contribution is 5.94. The Hall–Kier alpha value is -4.75. The van der Waals surface area contributed by atoms with Gasteiger partial charge in [-0.3, -0.25) is 9.78 Å². The molecule has 0 saturated heterocycles. The van der Waals surface area contributed by atoms with Crippen molar-refractivity contribution in [3.05, 3.63) is 96.4 Å². The number of aromatic nitrogens is 3. The molecule has 0 spiro atoms. The van der Waals surface area contributed by atoms with Crippen LogP contribution in [0.15, 0.2) is 95.5 Å². The third kappa shape index (κ3) is 5.24. The lowest BCUT2D eigenvalue weighted by molar-refractivity contribution is 0.0992. The molecule has 2 aromatic heterocycles. The van der Waals surface area contributed by atoms with Crippen LogP contribution in [-0.2, 0) is 6.54 Å². The number of carbonyl (C=O) groups excluding carboxylic acids is 1. The molecule has 2 heterocycles. The molecular weight excluding hydrogens is 404 g/mol. The molecule has 0 radical (unpaired) electrons. The van der Waals surface area contributed by atoms with Crippen molar-refractivity contribution in [2.24, 2.45) is 10.2 Å².